The van der Waals surface area contributed by atoms with Gasteiger partial charge in [0.05, 0.1) is 19.5 Å². The standard InChI is InChI=1S/C19H17ClN4O2/c1-26-15-8-6-14(7-9-15)24-19(25)17-11-23-18(12-21-17)22-10-13-4-2-3-5-16(13)20/h2-9,11-12H,10H2,1H3,(H,22,23)(H,24,25). The van der Waals surface area contributed by atoms with Gasteiger partial charge < -0.3 is 15.4 Å². The van der Waals surface area contributed by atoms with Crippen molar-refractivity contribution >= 4 is 29.0 Å². The van der Waals surface area contributed by atoms with Crippen LogP contribution in [0.1, 0.15) is 16.1 Å². The van der Waals surface area contributed by atoms with Crippen molar-refractivity contribution in [2.24, 2.45) is 0 Å². The third-order valence-corrected chi connectivity index (χ3v) is 4.02. The molecule has 0 radical (unpaired) electrons. The van der Waals surface area contributed by atoms with Gasteiger partial charge in [-0.3, -0.25) is 4.79 Å². The molecule has 7 heteroatoms. The molecule has 1 amide bonds. The molecule has 0 unspecified atom stereocenters. The second-order valence-corrected chi connectivity index (χ2v) is 5.82. The number of hydrogen-bond donors (Lipinski definition) is 2. The summed E-state index contributed by atoms with van der Waals surface area (Å²) in [6, 6.07) is 14.6. The van der Waals surface area contributed by atoms with E-state index in [4.69, 9.17) is 16.3 Å². The molecular formula is C19H17ClN4O2. The highest BCUT2D eigenvalue weighted by Crippen LogP contribution is 2.17. The van der Waals surface area contributed by atoms with Crippen LogP contribution >= 0.6 is 11.6 Å². The molecular weight excluding hydrogens is 352 g/mol. The molecule has 0 aliphatic heterocycles. The summed E-state index contributed by atoms with van der Waals surface area (Å²) in [5.41, 5.74) is 1.83. The lowest BCUT2D eigenvalue weighted by atomic mass is 10.2. The van der Waals surface area contributed by atoms with E-state index in [9.17, 15) is 4.79 Å². The predicted octanol–water partition coefficient (Wildman–Crippen LogP) is 4.00. The van der Waals surface area contributed by atoms with Crippen LogP contribution in [0.2, 0.25) is 5.02 Å². The van der Waals surface area contributed by atoms with E-state index >= 15 is 0 Å². The van der Waals surface area contributed by atoms with Crippen LogP contribution in [0.25, 0.3) is 0 Å². The van der Waals surface area contributed by atoms with Gasteiger partial charge in [0.15, 0.2) is 0 Å². The fourth-order valence-electron chi connectivity index (χ4n) is 2.23. The molecule has 0 bridgehead atoms. The highest BCUT2D eigenvalue weighted by Gasteiger charge is 2.09. The molecule has 132 valence electrons. The number of ether oxygens (including phenoxy) is 1. The van der Waals surface area contributed by atoms with Crippen molar-refractivity contribution < 1.29 is 9.53 Å². The fourth-order valence-corrected chi connectivity index (χ4v) is 2.44. The Morgan fingerprint density at radius 1 is 1.08 bits per heavy atom. The molecule has 0 aliphatic carbocycles. The summed E-state index contributed by atoms with van der Waals surface area (Å²) in [6.07, 6.45) is 2.94. The number of carbonyl (C=O) groups is 1. The van der Waals surface area contributed by atoms with E-state index in [-0.39, 0.29) is 11.6 Å². The summed E-state index contributed by atoms with van der Waals surface area (Å²) >= 11 is 6.12. The Balaban J connectivity index is 1.59. The van der Waals surface area contributed by atoms with Crippen molar-refractivity contribution in [1.29, 1.82) is 0 Å². The van der Waals surface area contributed by atoms with Gasteiger partial charge in [0, 0.05) is 17.3 Å². The maximum Gasteiger partial charge on any atom is 0.275 e. The molecule has 0 fully saturated rings. The van der Waals surface area contributed by atoms with Crippen molar-refractivity contribution in [3.8, 4) is 5.75 Å². The summed E-state index contributed by atoms with van der Waals surface area (Å²) in [5.74, 6) is 0.947. The van der Waals surface area contributed by atoms with E-state index in [0.717, 1.165) is 11.3 Å². The summed E-state index contributed by atoms with van der Waals surface area (Å²) in [4.78, 5) is 20.6. The van der Waals surface area contributed by atoms with Crippen LogP contribution in [0, 0.1) is 0 Å². The molecule has 2 N–H and O–H groups in total. The van der Waals surface area contributed by atoms with Crippen LogP contribution in [0.5, 0.6) is 5.75 Å². The normalized spacial score (nSPS) is 10.2. The minimum atomic E-state index is -0.333. The molecule has 3 rings (SSSR count). The van der Waals surface area contributed by atoms with Gasteiger partial charge in [0.25, 0.3) is 5.91 Å². The first kappa shape index (κ1) is 17.7. The zero-order chi connectivity index (χ0) is 18.4. The Hall–Kier alpha value is -3.12. The molecule has 0 atom stereocenters. The van der Waals surface area contributed by atoms with Crippen LogP contribution in [0.3, 0.4) is 0 Å². The van der Waals surface area contributed by atoms with Crippen molar-refractivity contribution in [1.82, 2.24) is 9.97 Å². The smallest absolute Gasteiger partial charge is 0.275 e. The minimum absolute atomic E-state index is 0.226. The van der Waals surface area contributed by atoms with Gasteiger partial charge in [-0.25, -0.2) is 9.97 Å². The molecule has 1 heterocycles. The van der Waals surface area contributed by atoms with E-state index in [2.05, 4.69) is 20.6 Å². The van der Waals surface area contributed by atoms with Crippen LogP contribution in [0.15, 0.2) is 60.9 Å². The monoisotopic (exact) mass is 368 g/mol. The number of anilines is 2. The lowest BCUT2D eigenvalue weighted by Crippen LogP contribution is -2.14. The molecule has 3 aromatic rings. The topological polar surface area (TPSA) is 76.1 Å². The first-order valence-electron chi connectivity index (χ1n) is 7.90. The molecule has 0 aliphatic rings. The van der Waals surface area contributed by atoms with Crippen molar-refractivity contribution in [2.45, 2.75) is 6.54 Å². The molecule has 2 aromatic carbocycles. The predicted molar refractivity (Wildman–Crippen MR) is 102 cm³/mol. The Kier molecular flexibility index (Phi) is 5.66. The van der Waals surface area contributed by atoms with Crippen LogP contribution in [-0.4, -0.2) is 23.0 Å². The van der Waals surface area contributed by atoms with Gasteiger partial charge in [-0.05, 0) is 35.9 Å². The zero-order valence-electron chi connectivity index (χ0n) is 14.1. The summed E-state index contributed by atoms with van der Waals surface area (Å²) in [7, 11) is 1.59. The SMILES string of the molecule is COc1ccc(NC(=O)c2cnc(NCc3ccccc3Cl)cn2)cc1. The number of amides is 1. The zero-order valence-corrected chi connectivity index (χ0v) is 14.8. The number of nitrogens with one attached hydrogen (secondary N) is 2. The number of nitrogens with zero attached hydrogens (tertiary/aromatic N) is 2. The Morgan fingerprint density at radius 3 is 2.50 bits per heavy atom. The molecule has 0 saturated carbocycles. The quantitative estimate of drug-likeness (QED) is 0.687. The van der Waals surface area contributed by atoms with Gasteiger partial charge in [0.2, 0.25) is 0 Å². The number of halogens is 1. The second-order valence-electron chi connectivity index (χ2n) is 5.41. The lowest BCUT2D eigenvalue weighted by molar-refractivity contribution is 0.102. The van der Waals surface area contributed by atoms with Gasteiger partial charge in [-0.15, -0.1) is 0 Å². The third kappa shape index (κ3) is 4.49. The second kappa shape index (κ2) is 8.31. The van der Waals surface area contributed by atoms with Crippen LogP contribution in [0.4, 0.5) is 11.5 Å². The number of methoxy groups -OCH3 is 1. The van der Waals surface area contributed by atoms with E-state index < -0.39 is 0 Å². The highest BCUT2D eigenvalue weighted by molar-refractivity contribution is 6.31. The highest BCUT2D eigenvalue weighted by atomic mass is 35.5. The van der Waals surface area contributed by atoms with Gasteiger partial charge in [-0.1, -0.05) is 29.8 Å². The summed E-state index contributed by atoms with van der Waals surface area (Å²) in [6.45, 7) is 0.520. The number of aromatic nitrogens is 2. The number of benzene rings is 2. The van der Waals surface area contributed by atoms with Gasteiger partial charge >= 0.3 is 0 Å². The number of rotatable bonds is 6. The minimum Gasteiger partial charge on any atom is -0.497 e. The summed E-state index contributed by atoms with van der Waals surface area (Å²) < 4.78 is 5.08. The van der Waals surface area contributed by atoms with Crippen LogP contribution < -0.4 is 15.4 Å². The molecule has 6 nitrogen and oxygen atoms in total. The average Bonchev–Trinajstić information content (AvgIpc) is 2.68. The maximum atomic E-state index is 12.2. The van der Waals surface area contributed by atoms with Crippen molar-refractivity contribution in [2.75, 3.05) is 17.7 Å². The Morgan fingerprint density at radius 2 is 1.85 bits per heavy atom. The third-order valence-electron chi connectivity index (χ3n) is 3.65. The van der Waals surface area contributed by atoms with E-state index in [1.807, 2.05) is 24.3 Å². The van der Waals surface area contributed by atoms with E-state index in [1.54, 1.807) is 31.4 Å². The van der Waals surface area contributed by atoms with Crippen molar-refractivity contribution in [3.05, 3.63) is 77.2 Å². The average molecular weight is 369 g/mol. The largest absolute Gasteiger partial charge is 0.497 e. The first-order chi connectivity index (χ1) is 12.7. The molecule has 1 aromatic heterocycles. The molecule has 0 spiro atoms. The Labute approximate surface area is 156 Å². The van der Waals surface area contributed by atoms with Gasteiger partial charge in [-0.2, -0.15) is 0 Å². The van der Waals surface area contributed by atoms with Gasteiger partial charge in [0.1, 0.15) is 17.3 Å². The van der Waals surface area contributed by atoms with E-state index in [0.29, 0.717) is 23.1 Å². The first-order valence-corrected chi connectivity index (χ1v) is 8.28. The maximum absolute atomic E-state index is 12.2. The van der Waals surface area contributed by atoms with Crippen molar-refractivity contribution in [3.63, 3.8) is 0 Å². The summed E-state index contributed by atoms with van der Waals surface area (Å²) in [5, 5.41) is 6.57. The number of hydrogen-bond acceptors (Lipinski definition) is 5. The lowest BCUT2D eigenvalue weighted by Gasteiger charge is -2.08. The number of carbonyl (C=O) groups excluding carboxylic acids is 1. The fraction of sp³-hybridized carbons (Fsp3) is 0.105. The molecule has 26 heavy (non-hydrogen) atoms. The van der Waals surface area contributed by atoms with Crippen LogP contribution in [-0.2, 0) is 6.54 Å². The van der Waals surface area contributed by atoms with E-state index in [1.165, 1.54) is 12.4 Å². The Bertz CT molecular complexity index is 883. The molecule has 0 saturated heterocycles.